The van der Waals surface area contributed by atoms with Crippen molar-refractivity contribution in [2.45, 2.75) is 31.2 Å². The fourth-order valence-corrected chi connectivity index (χ4v) is 4.90. The van der Waals surface area contributed by atoms with E-state index in [0.29, 0.717) is 5.69 Å². The average Bonchev–Trinajstić information content (AvgIpc) is 3.18. The van der Waals surface area contributed by atoms with Crippen LogP contribution in [-0.2, 0) is 0 Å². The summed E-state index contributed by atoms with van der Waals surface area (Å²) < 4.78 is 1.02. The normalized spacial score (nSPS) is 17.0. The number of carbonyl (C=O) groups excluding carboxylic acids is 1. The lowest BCUT2D eigenvalue weighted by Crippen LogP contribution is -2.49. The Kier molecular flexibility index (Phi) is 4.44. The van der Waals surface area contributed by atoms with Gasteiger partial charge in [0, 0.05) is 15.2 Å². The molecule has 0 radical (unpaired) electrons. The van der Waals surface area contributed by atoms with Gasteiger partial charge < -0.3 is 10.4 Å². The minimum absolute atomic E-state index is 0.00634. The van der Waals surface area contributed by atoms with Gasteiger partial charge in [0.25, 0.3) is 5.91 Å². The number of aliphatic hydroxyl groups is 1. The first-order chi connectivity index (χ1) is 10.1. The molecule has 0 bridgehead atoms. The van der Waals surface area contributed by atoms with Crippen LogP contribution in [0.3, 0.4) is 0 Å². The van der Waals surface area contributed by atoms with Crippen LogP contribution in [0.2, 0.25) is 0 Å². The van der Waals surface area contributed by atoms with Gasteiger partial charge >= 0.3 is 0 Å². The highest BCUT2D eigenvalue weighted by Gasteiger charge is 2.35. The summed E-state index contributed by atoms with van der Waals surface area (Å²) in [5, 5.41) is 17.2. The van der Waals surface area contributed by atoms with Gasteiger partial charge in [0.2, 0.25) is 0 Å². The Bertz CT molecular complexity index is 647. The molecule has 7 heteroatoms. The quantitative estimate of drug-likeness (QED) is 0.842. The fraction of sp³-hybridized carbons (Fsp3) is 0.429. The van der Waals surface area contributed by atoms with Crippen molar-refractivity contribution in [3.63, 3.8) is 0 Å². The summed E-state index contributed by atoms with van der Waals surface area (Å²) in [6.07, 6.45) is 3.77. The van der Waals surface area contributed by atoms with E-state index in [1.54, 1.807) is 16.7 Å². The molecule has 0 aliphatic heterocycles. The van der Waals surface area contributed by atoms with Crippen LogP contribution < -0.4 is 5.32 Å². The molecule has 0 unspecified atom stereocenters. The van der Waals surface area contributed by atoms with Crippen molar-refractivity contribution in [1.29, 1.82) is 0 Å². The van der Waals surface area contributed by atoms with E-state index >= 15 is 0 Å². The van der Waals surface area contributed by atoms with Crippen LogP contribution in [0.5, 0.6) is 0 Å². The van der Waals surface area contributed by atoms with Gasteiger partial charge in [0.15, 0.2) is 0 Å². The van der Waals surface area contributed by atoms with Crippen molar-refractivity contribution in [3.05, 3.63) is 27.0 Å². The van der Waals surface area contributed by atoms with Crippen molar-refractivity contribution in [1.82, 2.24) is 10.3 Å². The van der Waals surface area contributed by atoms with E-state index in [4.69, 9.17) is 0 Å². The van der Waals surface area contributed by atoms with Gasteiger partial charge in [-0.2, -0.15) is 0 Å². The molecule has 21 heavy (non-hydrogen) atoms. The van der Waals surface area contributed by atoms with Gasteiger partial charge in [-0.1, -0.05) is 12.8 Å². The summed E-state index contributed by atoms with van der Waals surface area (Å²) in [7, 11) is 0. The summed E-state index contributed by atoms with van der Waals surface area (Å²) >= 11 is 6.48. The summed E-state index contributed by atoms with van der Waals surface area (Å²) in [5.74, 6) is -0.191. The second-order valence-corrected chi connectivity index (χ2v) is 7.95. The highest BCUT2D eigenvalue weighted by atomic mass is 79.9. The maximum absolute atomic E-state index is 12.3. The number of amides is 1. The summed E-state index contributed by atoms with van der Waals surface area (Å²) in [5.41, 5.74) is -0.0217. The largest absolute Gasteiger partial charge is 0.394 e. The van der Waals surface area contributed by atoms with Crippen molar-refractivity contribution >= 4 is 44.5 Å². The molecule has 1 fully saturated rings. The first-order valence-electron chi connectivity index (χ1n) is 6.75. The number of thiazole rings is 1. The molecule has 1 saturated carbocycles. The SMILES string of the molecule is O=C(NC1(CO)CCCC1)c1csc(-c2cc(Br)cs2)n1. The smallest absolute Gasteiger partial charge is 0.271 e. The molecular formula is C14H15BrN2O2S2. The van der Waals surface area contributed by atoms with Crippen LogP contribution in [0.1, 0.15) is 36.2 Å². The van der Waals surface area contributed by atoms with Crippen molar-refractivity contribution < 1.29 is 9.90 Å². The standard InChI is InChI=1S/C14H15BrN2O2S2/c15-9-5-11(20-6-9)13-16-10(7-21-13)12(19)17-14(8-18)3-1-2-4-14/h5-7,18H,1-4,8H2,(H,17,19). The van der Waals surface area contributed by atoms with Crippen LogP contribution >= 0.6 is 38.6 Å². The van der Waals surface area contributed by atoms with Gasteiger partial charge in [0.1, 0.15) is 10.7 Å². The Morgan fingerprint density at radius 2 is 2.14 bits per heavy atom. The number of rotatable bonds is 4. The number of carbonyl (C=O) groups is 1. The van der Waals surface area contributed by atoms with Crippen molar-refractivity contribution in [2.75, 3.05) is 6.61 Å². The zero-order chi connectivity index (χ0) is 14.9. The molecule has 2 heterocycles. The number of nitrogens with one attached hydrogen (secondary N) is 1. The van der Waals surface area contributed by atoms with Gasteiger partial charge in [-0.05, 0) is 34.8 Å². The molecule has 1 aliphatic rings. The highest BCUT2D eigenvalue weighted by molar-refractivity contribution is 9.10. The van der Waals surface area contributed by atoms with Crippen molar-refractivity contribution in [3.8, 4) is 9.88 Å². The molecule has 2 N–H and O–H groups in total. The zero-order valence-corrected chi connectivity index (χ0v) is 14.5. The third-order valence-corrected chi connectivity index (χ3v) is 6.46. The fourth-order valence-electron chi connectivity index (χ4n) is 2.60. The van der Waals surface area contributed by atoms with Crippen molar-refractivity contribution in [2.24, 2.45) is 0 Å². The first-order valence-corrected chi connectivity index (χ1v) is 9.30. The molecule has 0 saturated heterocycles. The predicted molar refractivity (Wildman–Crippen MR) is 88.9 cm³/mol. The minimum atomic E-state index is -0.452. The van der Waals surface area contributed by atoms with E-state index in [9.17, 15) is 9.90 Å². The third kappa shape index (κ3) is 3.21. The molecule has 4 nitrogen and oxygen atoms in total. The number of aliphatic hydroxyl groups excluding tert-OH is 1. The highest BCUT2D eigenvalue weighted by Crippen LogP contribution is 2.33. The van der Waals surface area contributed by atoms with Gasteiger partial charge in [0.05, 0.1) is 17.0 Å². The maximum Gasteiger partial charge on any atom is 0.271 e. The molecule has 1 aliphatic carbocycles. The first kappa shape index (κ1) is 15.1. The lowest BCUT2D eigenvalue weighted by atomic mass is 9.99. The number of halogens is 1. The lowest BCUT2D eigenvalue weighted by molar-refractivity contribution is 0.0834. The maximum atomic E-state index is 12.3. The van der Waals surface area contributed by atoms with Gasteiger partial charge in [-0.3, -0.25) is 4.79 Å². The molecule has 2 aromatic heterocycles. The predicted octanol–water partition coefficient (Wildman–Crippen LogP) is 3.67. The molecule has 0 aromatic carbocycles. The van der Waals surface area contributed by atoms with Crippen LogP contribution in [0, 0.1) is 0 Å². The van der Waals surface area contributed by atoms with E-state index in [2.05, 4.69) is 26.2 Å². The third-order valence-electron chi connectivity index (χ3n) is 3.76. The number of hydrogen-bond acceptors (Lipinski definition) is 5. The monoisotopic (exact) mass is 386 g/mol. The minimum Gasteiger partial charge on any atom is -0.394 e. The molecule has 0 spiro atoms. The van der Waals surface area contributed by atoms with E-state index < -0.39 is 5.54 Å². The molecule has 0 atom stereocenters. The average molecular weight is 387 g/mol. The Labute approximate surface area is 139 Å². The Balaban J connectivity index is 1.75. The second-order valence-electron chi connectivity index (χ2n) is 5.27. The molecule has 2 aromatic rings. The number of aromatic nitrogens is 1. The number of hydrogen-bond donors (Lipinski definition) is 2. The van der Waals surface area contributed by atoms with Crippen LogP contribution in [-0.4, -0.2) is 28.1 Å². The molecule has 3 rings (SSSR count). The lowest BCUT2D eigenvalue weighted by Gasteiger charge is -2.27. The molecule has 1 amide bonds. The summed E-state index contributed by atoms with van der Waals surface area (Å²) in [4.78, 5) is 17.8. The van der Waals surface area contributed by atoms with E-state index in [-0.39, 0.29) is 12.5 Å². The van der Waals surface area contributed by atoms with Gasteiger partial charge in [-0.25, -0.2) is 4.98 Å². The summed E-state index contributed by atoms with van der Waals surface area (Å²) in [6, 6.07) is 2.00. The van der Waals surface area contributed by atoms with Crippen LogP contribution in [0.4, 0.5) is 0 Å². The Hall–Kier alpha value is -0.760. The number of nitrogens with zero attached hydrogens (tertiary/aromatic N) is 1. The van der Waals surface area contributed by atoms with Gasteiger partial charge in [-0.15, -0.1) is 22.7 Å². The Morgan fingerprint density at radius 1 is 1.38 bits per heavy atom. The topological polar surface area (TPSA) is 62.2 Å². The second kappa shape index (κ2) is 6.16. The number of thiophene rings is 1. The Morgan fingerprint density at radius 3 is 2.76 bits per heavy atom. The van der Waals surface area contributed by atoms with Crippen LogP contribution in [0.25, 0.3) is 9.88 Å². The van der Waals surface area contributed by atoms with E-state index in [1.165, 1.54) is 11.3 Å². The van der Waals surface area contributed by atoms with E-state index in [0.717, 1.165) is 40.0 Å². The summed E-state index contributed by atoms with van der Waals surface area (Å²) in [6.45, 7) is -0.00634. The molecular weight excluding hydrogens is 372 g/mol. The van der Waals surface area contributed by atoms with Crippen LogP contribution in [0.15, 0.2) is 21.3 Å². The van der Waals surface area contributed by atoms with E-state index in [1.807, 2.05) is 11.4 Å². The molecule has 112 valence electrons. The zero-order valence-electron chi connectivity index (χ0n) is 11.3.